The minimum atomic E-state index is 0. The molecule has 8 nitrogen and oxygen atoms in total. The molecule has 30 heavy (non-hydrogen) atoms. The van der Waals surface area contributed by atoms with Crippen LogP contribution in [-0.2, 0) is 6.54 Å². The molecule has 1 aromatic heterocycles. The van der Waals surface area contributed by atoms with Crippen molar-refractivity contribution in [2.75, 3.05) is 50.8 Å². The van der Waals surface area contributed by atoms with Crippen LogP contribution in [0.5, 0.6) is 11.5 Å². The van der Waals surface area contributed by atoms with Crippen LogP contribution >= 0.6 is 24.0 Å². The third-order valence-corrected chi connectivity index (χ3v) is 4.97. The molecule has 1 saturated heterocycles. The van der Waals surface area contributed by atoms with E-state index < -0.39 is 0 Å². The molecule has 1 aromatic carbocycles. The lowest BCUT2D eigenvalue weighted by Gasteiger charge is -2.36. The van der Waals surface area contributed by atoms with E-state index in [1.165, 1.54) is 0 Å². The first-order chi connectivity index (χ1) is 14.3. The molecule has 0 atom stereocenters. The predicted octanol–water partition coefficient (Wildman–Crippen LogP) is 2.54. The molecular formula is C21H29IN6O2. The van der Waals surface area contributed by atoms with E-state index in [0.29, 0.717) is 19.8 Å². The van der Waals surface area contributed by atoms with Gasteiger partial charge >= 0.3 is 0 Å². The highest BCUT2D eigenvalue weighted by molar-refractivity contribution is 14.0. The fourth-order valence-corrected chi connectivity index (χ4v) is 3.47. The number of benzene rings is 1. The first-order valence-electron chi connectivity index (χ1n) is 10.3. The molecule has 3 heterocycles. The molecule has 0 radical (unpaired) electrons. The number of nitrogens with zero attached hydrogens (tertiary/aromatic N) is 5. The van der Waals surface area contributed by atoms with Gasteiger partial charge in [-0.15, -0.1) is 24.0 Å². The van der Waals surface area contributed by atoms with Crippen LogP contribution in [0.4, 0.5) is 5.95 Å². The van der Waals surface area contributed by atoms with Crippen molar-refractivity contribution in [1.29, 1.82) is 0 Å². The second kappa shape index (κ2) is 11.2. The highest BCUT2D eigenvalue weighted by atomic mass is 127. The van der Waals surface area contributed by atoms with Crippen molar-refractivity contribution in [1.82, 2.24) is 20.2 Å². The fourth-order valence-electron chi connectivity index (χ4n) is 3.47. The first kappa shape index (κ1) is 22.4. The van der Waals surface area contributed by atoms with Gasteiger partial charge in [-0.25, -0.2) is 15.0 Å². The lowest BCUT2D eigenvalue weighted by Crippen LogP contribution is -2.52. The normalized spacial score (nSPS) is 16.5. The molecule has 0 aliphatic carbocycles. The van der Waals surface area contributed by atoms with Gasteiger partial charge in [0.2, 0.25) is 5.95 Å². The summed E-state index contributed by atoms with van der Waals surface area (Å²) in [7, 11) is 0. The second-order valence-corrected chi connectivity index (χ2v) is 7.02. The zero-order chi connectivity index (χ0) is 19.9. The number of halogens is 1. The second-order valence-electron chi connectivity index (χ2n) is 7.02. The average molecular weight is 524 g/mol. The van der Waals surface area contributed by atoms with Crippen LogP contribution in [0.25, 0.3) is 0 Å². The van der Waals surface area contributed by atoms with E-state index >= 15 is 0 Å². The topological polar surface area (TPSA) is 75.1 Å². The van der Waals surface area contributed by atoms with Crippen molar-refractivity contribution in [2.24, 2.45) is 4.99 Å². The number of ether oxygens (including phenoxy) is 2. The maximum atomic E-state index is 5.80. The minimum Gasteiger partial charge on any atom is -0.490 e. The van der Waals surface area contributed by atoms with E-state index in [4.69, 9.17) is 14.5 Å². The van der Waals surface area contributed by atoms with Gasteiger partial charge in [0.25, 0.3) is 0 Å². The molecule has 2 aromatic rings. The predicted molar refractivity (Wildman–Crippen MR) is 128 cm³/mol. The Morgan fingerprint density at radius 2 is 1.80 bits per heavy atom. The van der Waals surface area contributed by atoms with Crippen LogP contribution in [0.15, 0.2) is 41.7 Å². The third-order valence-electron chi connectivity index (χ3n) is 4.97. The summed E-state index contributed by atoms with van der Waals surface area (Å²) in [6.45, 7) is 8.43. The van der Waals surface area contributed by atoms with E-state index in [0.717, 1.165) is 68.1 Å². The van der Waals surface area contributed by atoms with E-state index in [1.54, 1.807) is 12.4 Å². The molecular weight excluding hydrogens is 495 g/mol. The molecule has 0 unspecified atom stereocenters. The average Bonchev–Trinajstić information content (AvgIpc) is 3.02. The van der Waals surface area contributed by atoms with Crippen molar-refractivity contribution in [3.8, 4) is 11.5 Å². The SMILES string of the molecule is CCNC(=NCc1ccc2c(c1)OCCCO2)N1CCN(c2ncccn2)CC1.I. The number of anilines is 1. The van der Waals surface area contributed by atoms with Crippen LogP contribution in [0, 0.1) is 0 Å². The molecule has 0 bridgehead atoms. The number of aromatic nitrogens is 2. The molecule has 9 heteroatoms. The van der Waals surface area contributed by atoms with Gasteiger partial charge < -0.3 is 24.6 Å². The maximum absolute atomic E-state index is 5.80. The lowest BCUT2D eigenvalue weighted by molar-refractivity contribution is 0.297. The van der Waals surface area contributed by atoms with Crippen molar-refractivity contribution >= 4 is 35.9 Å². The third kappa shape index (κ3) is 5.65. The molecule has 0 spiro atoms. The monoisotopic (exact) mass is 524 g/mol. The van der Waals surface area contributed by atoms with Gasteiger partial charge in [-0.2, -0.15) is 0 Å². The van der Waals surface area contributed by atoms with E-state index in [1.807, 2.05) is 18.2 Å². The van der Waals surface area contributed by atoms with Crippen molar-refractivity contribution in [3.05, 3.63) is 42.2 Å². The number of guanidine groups is 1. The van der Waals surface area contributed by atoms with E-state index in [-0.39, 0.29) is 24.0 Å². The maximum Gasteiger partial charge on any atom is 0.225 e. The molecule has 0 saturated carbocycles. The Balaban J connectivity index is 0.00000256. The van der Waals surface area contributed by atoms with Crippen LogP contribution < -0.4 is 19.7 Å². The Morgan fingerprint density at radius 1 is 1.07 bits per heavy atom. The number of aliphatic imine (C=N–C) groups is 1. The molecule has 4 rings (SSSR count). The number of rotatable bonds is 4. The van der Waals surface area contributed by atoms with E-state index in [2.05, 4.69) is 38.1 Å². The van der Waals surface area contributed by atoms with Gasteiger partial charge in [-0.3, -0.25) is 0 Å². The van der Waals surface area contributed by atoms with Gasteiger partial charge in [-0.05, 0) is 30.7 Å². The quantitative estimate of drug-likeness (QED) is 0.375. The lowest BCUT2D eigenvalue weighted by atomic mass is 10.2. The molecule has 0 amide bonds. The van der Waals surface area contributed by atoms with Crippen LogP contribution in [0.3, 0.4) is 0 Å². The summed E-state index contributed by atoms with van der Waals surface area (Å²) in [5, 5.41) is 3.42. The van der Waals surface area contributed by atoms with Crippen molar-refractivity contribution < 1.29 is 9.47 Å². The van der Waals surface area contributed by atoms with Crippen molar-refractivity contribution in [2.45, 2.75) is 19.9 Å². The van der Waals surface area contributed by atoms with E-state index in [9.17, 15) is 0 Å². The summed E-state index contributed by atoms with van der Waals surface area (Å²) in [6.07, 6.45) is 4.48. The van der Waals surface area contributed by atoms with Crippen LogP contribution in [0.1, 0.15) is 18.9 Å². The number of hydrogen-bond donors (Lipinski definition) is 1. The smallest absolute Gasteiger partial charge is 0.225 e. The summed E-state index contributed by atoms with van der Waals surface area (Å²) in [5.41, 5.74) is 1.11. The Kier molecular flexibility index (Phi) is 8.35. The van der Waals surface area contributed by atoms with Gasteiger partial charge in [0, 0.05) is 51.5 Å². The molecule has 2 aliphatic rings. The highest BCUT2D eigenvalue weighted by Gasteiger charge is 2.21. The summed E-state index contributed by atoms with van der Waals surface area (Å²) in [4.78, 5) is 18.1. The van der Waals surface area contributed by atoms with Crippen molar-refractivity contribution in [3.63, 3.8) is 0 Å². The number of nitrogens with one attached hydrogen (secondary N) is 1. The number of fused-ring (bicyclic) bond motifs is 1. The molecule has 1 N–H and O–H groups in total. The first-order valence-corrected chi connectivity index (χ1v) is 10.3. The van der Waals surface area contributed by atoms with Gasteiger partial charge in [0.15, 0.2) is 17.5 Å². The number of hydrogen-bond acceptors (Lipinski definition) is 6. The standard InChI is InChI=1S/C21H28N6O2.HI/c1-2-22-20(26-9-11-27(12-10-26)21-23-7-3-8-24-21)25-16-17-5-6-18-19(15-17)29-14-4-13-28-18;/h3,5-8,15H,2,4,9-14,16H2,1H3,(H,22,25);1H. The summed E-state index contributed by atoms with van der Waals surface area (Å²) in [6, 6.07) is 7.93. The summed E-state index contributed by atoms with van der Waals surface area (Å²) < 4.78 is 11.5. The van der Waals surface area contributed by atoms with Gasteiger partial charge in [0.1, 0.15) is 0 Å². The number of piperazine rings is 1. The fraction of sp³-hybridized carbons (Fsp3) is 0.476. The zero-order valence-corrected chi connectivity index (χ0v) is 19.6. The molecule has 162 valence electrons. The Bertz CT molecular complexity index is 828. The highest BCUT2D eigenvalue weighted by Crippen LogP contribution is 2.30. The Hall–Kier alpha value is -2.30. The zero-order valence-electron chi connectivity index (χ0n) is 17.3. The molecule has 1 fully saturated rings. The summed E-state index contributed by atoms with van der Waals surface area (Å²) in [5.74, 6) is 3.37. The largest absolute Gasteiger partial charge is 0.490 e. The minimum absolute atomic E-state index is 0. The summed E-state index contributed by atoms with van der Waals surface area (Å²) >= 11 is 0. The van der Waals surface area contributed by atoms with Gasteiger partial charge in [-0.1, -0.05) is 6.07 Å². The Morgan fingerprint density at radius 3 is 2.53 bits per heavy atom. The Labute approximate surface area is 194 Å². The van der Waals surface area contributed by atoms with Gasteiger partial charge in [0.05, 0.1) is 19.8 Å². The van der Waals surface area contributed by atoms with Crippen LogP contribution in [0.2, 0.25) is 0 Å². The molecule has 2 aliphatic heterocycles. The van der Waals surface area contributed by atoms with Crippen LogP contribution in [-0.4, -0.2) is 66.8 Å².